The molecule has 0 saturated carbocycles. The highest BCUT2D eigenvalue weighted by atomic mass is 16.5. The van der Waals surface area contributed by atoms with E-state index in [9.17, 15) is 0 Å². The van der Waals surface area contributed by atoms with Crippen LogP contribution in [0.1, 0.15) is 17.3 Å². The molecule has 108 valence electrons. The van der Waals surface area contributed by atoms with Crippen LogP contribution in [0.5, 0.6) is 0 Å². The summed E-state index contributed by atoms with van der Waals surface area (Å²) in [6, 6.07) is 16.0. The van der Waals surface area contributed by atoms with Gasteiger partial charge in [0.15, 0.2) is 5.76 Å². The number of furan rings is 1. The first kappa shape index (κ1) is 13.6. The normalized spacial score (nSPS) is 11.2. The van der Waals surface area contributed by atoms with Crippen LogP contribution < -0.4 is 0 Å². The minimum Gasteiger partial charge on any atom is -0.465 e. The van der Waals surface area contributed by atoms with Gasteiger partial charge in [-0.25, -0.2) is 0 Å². The van der Waals surface area contributed by atoms with Crippen molar-refractivity contribution in [3.05, 3.63) is 65.8 Å². The molecule has 3 aromatic rings. The van der Waals surface area contributed by atoms with Crippen LogP contribution in [0.4, 0.5) is 0 Å². The van der Waals surface area contributed by atoms with E-state index in [1.807, 2.05) is 62.5 Å². The number of rotatable bonds is 5. The quantitative estimate of drug-likeness (QED) is 0.712. The van der Waals surface area contributed by atoms with E-state index >= 15 is 0 Å². The maximum absolute atomic E-state index is 5.58. The van der Waals surface area contributed by atoms with Gasteiger partial charge in [0.05, 0.1) is 13.1 Å². The lowest BCUT2D eigenvalue weighted by molar-refractivity contribution is 0.248. The summed E-state index contributed by atoms with van der Waals surface area (Å²) < 4.78 is 11.0. The van der Waals surface area contributed by atoms with Gasteiger partial charge in [-0.05, 0) is 26.1 Å². The average molecular weight is 282 g/mol. The molecule has 4 nitrogen and oxygen atoms in total. The minimum atomic E-state index is 0.694. The van der Waals surface area contributed by atoms with Crippen LogP contribution >= 0.6 is 0 Å². The van der Waals surface area contributed by atoms with E-state index in [1.54, 1.807) is 0 Å². The Hall–Kier alpha value is -2.33. The molecule has 2 heterocycles. The van der Waals surface area contributed by atoms with Crippen molar-refractivity contribution >= 4 is 0 Å². The fraction of sp³-hybridized carbons (Fsp3) is 0.235. The molecule has 0 saturated heterocycles. The Morgan fingerprint density at radius 2 is 1.76 bits per heavy atom. The summed E-state index contributed by atoms with van der Waals surface area (Å²) in [6.07, 6.45) is 0. The zero-order valence-electron chi connectivity index (χ0n) is 12.2. The Kier molecular flexibility index (Phi) is 3.88. The summed E-state index contributed by atoms with van der Waals surface area (Å²) in [5.41, 5.74) is 1.93. The van der Waals surface area contributed by atoms with E-state index in [0.29, 0.717) is 6.54 Å². The molecule has 0 aliphatic carbocycles. The lowest BCUT2D eigenvalue weighted by Crippen LogP contribution is -2.16. The van der Waals surface area contributed by atoms with Crippen LogP contribution in [-0.4, -0.2) is 17.1 Å². The minimum absolute atomic E-state index is 0.694. The van der Waals surface area contributed by atoms with Crippen molar-refractivity contribution in [2.45, 2.75) is 20.0 Å². The number of aryl methyl sites for hydroxylation is 1. The third-order valence-electron chi connectivity index (χ3n) is 3.28. The van der Waals surface area contributed by atoms with E-state index in [4.69, 9.17) is 8.94 Å². The molecular formula is C17H18N2O2. The van der Waals surface area contributed by atoms with Crippen molar-refractivity contribution in [1.29, 1.82) is 0 Å². The van der Waals surface area contributed by atoms with Gasteiger partial charge in [0, 0.05) is 11.6 Å². The zero-order chi connectivity index (χ0) is 14.7. The third kappa shape index (κ3) is 3.41. The lowest BCUT2D eigenvalue weighted by Gasteiger charge is -2.12. The predicted molar refractivity (Wildman–Crippen MR) is 80.6 cm³/mol. The number of aromatic nitrogens is 1. The van der Waals surface area contributed by atoms with Gasteiger partial charge in [-0.2, -0.15) is 0 Å². The second-order valence-electron chi connectivity index (χ2n) is 5.23. The van der Waals surface area contributed by atoms with Crippen molar-refractivity contribution < 1.29 is 8.94 Å². The van der Waals surface area contributed by atoms with E-state index in [0.717, 1.165) is 35.1 Å². The maximum atomic E-state index is 5.58. The number of benzene rings is 1. The number of hydrogen-bond donors (Lipinski definition) is 0. The highest BCUT2D eigenvalue weighted by Gasteiger charge is 2.10. The Balaban J connectivity index is 1.64. The first-order valence-corrected chi connectivity index (χ1v) is 6.95. The Morgan fingerprint density at radius 1 is 1.00 bits per heavy atom. The summed E-state index contributed by atoms with van der Waals surface area (Å²) in [6.45, 7) is 3.39. The van der Waals surface area contributed by atoms with Gasteiger partial charge in [-0.1, -0.05) is 35.5 Å². The van der Waals surface area contributed by atoms with Crippen LogP contribution in [0.3, 0.4) is 0 Å². The SMILES string of the molecule is Cc1ccc(CN(C)Cc2cc(-c3ccccc3)no2)o1. The molecule has 0 bridgehead atoms. The van der Waals surface area contributed by atoms with Crippen LogP contribution in [0, 0.1) is 6.92 Å². The molecule has 0 fully saturated rings. The van der Waals surface area contributed by atoms with Crippen LogP contribution in [0.2, 0.25) is 0 Å². The molecule has 0 atom stereocenters. The van der Waals surface area contributed by atoms with Crippen molar-refractivity contribution in [2.75, 3.05) is 7.05 Å². The molecule has 0 aliphatic rings. The van der Waals surface area contributed by atoms with Crippen molar-refractivity contribution in [3.63, 3.8) is 0 Å². The third-order valence-corrected chi connectivity index (χ3v) is 3.28. The fourth-order valence-electron chi connectivity index (χ4n) is 2.29. The molecule has 0 radical (unpaired) electrons. The Morgan fingerprint density at radius 3 is 2.48 bits per heavy atom. The molecule has 1 aromatic carbocycles. The molecule has 0 amide bonds. The molecule has 0 aliphatic heterocycles. The molecule has 4 heteroatoms. The summed E-state index contributed by atoms with van der Waals surface area (Å²) in [5, 5.41) is 4.13. The van der Waals surface area contributed by atoms with Crippen LogP contribution in [0.25, 0.3) is 11.3 Å². The highest BCUT2D eigenvalue weighted by molar-refractivity contribution is 5.58. The van der Waals surface area contributed by atoms with Gasteiger partial charge >= 0.3 is 0 Å². The van der Waals surface area contributed by atoms with Gasteiger partial charge in [0.1, 0.15) is 17.2 Å². The van der Waals surface area contributed by atoms with Gasteiger partial charge in [0.2, 0.25) is 0 Å². The summed E-state index contributed by atoms with van der Waals surface area (Å²) >= 11 is 0. The molecular weight excluding hydrogens is 264 g/mol. The average Bonchev–Trinajstić information content (AvgIpc) is 3.09. The van der Waals surface area contributed by atoms with E-state index in [1.165, 1.54) is 0 Å². The Bertz CT molecular complexity index is 700. The monoisotopic (exact) mass is 282 g/mol. The number of nitrogens with zero attached hydrogens (tertiary/aromatic N) is 2. The molecule has 0 spiro atoms. The lowest BCUT2D eigenvalue weighted by atomic mass is 10.1. The predicted octanol–water partition coefficient (Wildman–Crippen LogP) is 3.88. The second-order valence-corrected chi connectivity index (χ2v) is 5.23. The largest absolute Gasteiger partial charge is 0.465 e. The van der Waals surface area contributed by atoms with E-state index < -0.39 is 0 Å². The van der Waals surface area contributed by atoms with Crippen molar-refractivity contribution in [2.24, 2.45) is 0 Å². The molecule has 3 rings (SSSR count). The first-order valence-electron chi connectivity index (χ1n) is 6.95. The Labute approximate surface area is 124 Å². The van der Waals surface area contributed by atoms with Gasteiger partial charge in [-0.15, -0.1) is 0 Å². The molecule has 21 heavy (non-hydrogen) atoms. The summed E-state index contributed by atoms with van der Waals surface area (Å²) in [4.78, 5) is 2.13. The smallest absolute Gasteiger partial charge is 0.151 e. The topological polar surface area (TPSA) is 42.4 Å². The fourth-order valence-corrected chi connectivity index (χ4v) is 2.29. The van der Waals surface area contributed by atoms with Crippen LogP contribution in [-0.2, 0) is 13.1 Å². The van der Waals surface area contributed by atoms with Crippen molar-refractivity contribution in [3.8, 4) is 11.3 Å². The standard InChI is InChI=1S/C17H18N2O2/c1-13-8-9-15(20-13)11-19(2)12-16-10-17(18-21-16)14-6-4-3-5-7-14/h3-10H,11-12H2,1-2H3. The van der Waals surface area contributed by atoms with Crippen molar-refractivity contribution in [1.82, 2.24) is 10.1 Å². The summed E-state index contributed by atoms with van der Waals surface area (Å²) in [7, 11) is 2.03. The number of hydrogen-bond acceptors (Lipinski definition) is 4. The van der Waals surface area contributed by atoms with Gasteiger partial charge in [0.25, 0.3) is 0 Å². The highest BCUT2D eigenvalue weighted by Crippen LogP contribution is 2.19. The van der Waals surface area contributed by atoms with Gasteiger partial charge in [-0.3, -0.25) is 4.90 Å². The summed E-state index contributed by atoms with van der Waals surface area (Å²) in [5.74, 6) is 2.74. The zero-order valence-corrected chi connectivity index (χ0v) is 12.2. The molecule has 2 aromatic heterocycles. The van der Waals surface area contributed by atoms with Gasteiger partial charge < -0.3 is 8.94 Å². The maximum Gasteiger partial charge on any atom is 0.151 e. The second kappa shape index (κ2) is 5.97. The van der Waals surface area contributed by atoms with Crippen LogP contribution in [0.15, 0.2) is 57.5 Å². The molecule has 0 unspecified atom stereocenters. The molecule has 0 N–H and O–H groups in total. The van der Waals surface area contributed by atoms with E-state index in [-0.39, 0.29) is 0 Å². The van der Waals surface area contributed by atoms with E-state index in [2.05, 4.69) is 10.1 Å². The first-order chi connectivity index (χ1) is 10.2.